The van der Waals surface area contributed by atoms with E-state index in [0.29, 0.717) is 5.56 Å². The average molecular weight is 200 g/mol. The number of rotatable bonds is 1. The molecule has 0 spiro atoms. The van der Waals surface area contributed by atoms with Crippen molar-refractivity contribution in [1.29, 1.82) is 0 Å². The van der Waals surface area contributed by atoms with E-state index in [1.165, 1.54) is 11.9 Å². The van der Waals surface area contributed by atoms with Gasteiger partial charge < -0.3 is 4.98 Å². The zero-order chi connectivity index (χ0) is 10.8. The summed E-state index contributed by atoms with van der Waals surface area (Å²) in [5, 5.41) is 0. The van der Waals surface area contributed by atoms with Crippen molar-refractivity contribution in [3.63, 3.8) is 0 Å². The predicted octanol–water partition coefficient (Wildman–Crippen LogP) is 2.05. The van der Waals surface area contributed by atoms with E-state index in [0.717, 1.165) is 11.1 Å². The summed E-state index contributed by atoms with van der Waals surface area (Å²) in [6.45, 7) is 4.04. The van der Waals surface area contributed by atoms with Crippen molar-refractivity contribution in [2.24, 2.45) is 0 Å². The lowest BCUT2D eigenvalue weighted by Gasteiger charge is -2.06. The van der Waals surface area contributed by atoms with E-state index >= 15 is 0 Å². The van der Waals surface area contributed by atoms with Gasteiger partial charge in [0.2, 0.25) is 0 Å². The summed E-state index contributed by atoms with van der Waals surface area (Å²) in [5.74, 6) is 0. The van der Waals surface area contributed by atoms with Crippen molar-refractivity contribution in [3.05, 3.63) is 52.2 Å². The lowest BCUT2D eigenvalue weighted by atomic mass is 9.99. The van der Waals surface area contributed by atoms with E-state index in [1.54, 1.807) is 6.20 Å². The minimum absolute atomic E-state index is 0.0984. The molecule has 2 aromatic rings. The molecule has 0 aliphatic rings. The van der Waals surface area contributed by atoms with Crippen LogP contribution in [0, 0.1) is 13.8 Å². The number of H-pyrrole nitrogens is 1. The van der Waals surface area contributed by atoms with Gasteiger partial charge in [0.1, 0.15) is 0 Å². The van der Waals surface area contributed by atoms with Crippen molar-refractivity contribution >= 4 is 0 Å². The molecule has 3 heteroatoms. The van der Waals surface area contributed by atoms with Crippen LogP contribution in [0.25, 0.3) is 11.1 Å². The van der Waals surface area contributed by atoms with Crippen LogP contribution in [0.1, 0.15) is 11.1 Å². The quantitative estimate of drug-likeness (QED) is 0.765. The van der Waals surface area contributed by atoms with Gasteiger partial charge in [-0.15, -0.1) is 0 Å². The van der Waals surface area contributed by atoms with E-state index in [2.05, 4.69) is 9.97 Å². The highest BCUT2D eigenvalue weighted by Crippen LogP contribution is 2.21. The van der Waals surface area contributed by atoms with Gasteiger partial charge in [0.25, 0.3) is 5.56 Å². The third kappa shape index (κ3) is 1.68. The summed E-state index contributed by atoms with van der Waals surface area (Å²) < 4.78 is 0. The molecule has 0 aliphatic carbocycles. The SMILES string of the molecule is Cc1cccc(-c2cnc[nH]c2=O)c1C. The summed E-state index contributed by atoms with van der Waals surface area (Å²) in [5.41, 5.74) is 3.77. The Balaban J connectivity index is 2.70. The molecule has 0 aliphatic heterocycles. The molecule has 2 rings (SSSR count). The number of nitrogens with zero attached hydrogens (tertiary/aromatic N) is 1. The molecule has 3 nitrogen and oxygen atoms in total. The first-order valence-electron chi connectivity index (χ1n) is 4.79. The zero-order valence-corrected chi connectivity index (χ0v) is 8.74. The molecule has 0 unspecified atom stereocenters. The second-order valence-electron chi connectivity index (χ2n) is 3.54. The fraction of sp³-hybridized carbons (Fsp3) is 0.167. The molecule has 1 N–H and O–H groups in total. The Labute approximate surface area is 87.8 Å². The van der Waals surface area contributed by atoms with Crippen molar-refractivity contribution in [3.8, 4) is 11.1 Å². The Bertz CT molecular complexity index is 543. The molecule has 0 radical (unpaired) electrons. The fourth-order valence-electron chi connectivity index (χ4n) is 1.58. The Morgan fingerprint density at radius 1 is 1.20 bits per heavy atom. The Hall–Kier alpha value is -1.90. The maximum absolute atomic E-state index is 11.6. The van der Waals surface area contributed by atoms with Gasteiger partial charge in [0.15, 0.2) is 0 Å². The van der Waals surface area contributed by atoms with Crippen LogP contribution in [0.3, 0.4) is 0 Å². The largest absolute Gasteiger partial charge is 0.313 e. The number of hydrogen-bond donors (Lipinski definition) is 1. The molecule has 0 amide bonds. The van der Waals surface area contributed by atoms with Crippen molar-refractivity contribution in [1.82, 2.24) is 9.97 Å². The lowest BCUT2D eigenvalue weighted by molar-refractivity contribution is 1.12. The van der Waals surface area contributed by atoms with Gasteiger partial charge in [-0.1, -0.05) is 18.2 Å². The Kier molecular flexibility index (Phi) is 2.37. The van der Waals surface area contributed by atoms with Crippen LogP contribution < -0.4 is 5.56 Å². The van der Waals surface area contributed by atoms with E-state index in [1.807, 2.05) is 32.0 Å². The molecular formula is C12H12N2O. The monoisotopic (exact) mass is 200 g/mol. The first-order chi connectivity index (χ1) is 7.20. The predicted molar refractivity (Wildman–Crippen MR) is 59.8 cm³/mol. The van der Waals surface area contributed by atoms with E-state index in [9.17, 15) is 4.79 Å². The van der Waals surface area contributed by atoms with Gasteiger partial charge in [0.05, 0.1) is 11.9 Å². The molecule has 0 saturated carbocycles. The van der Waals surface area contributed by atoms with Gasteiger partial charge in [-0.3, -0.25) is 4.79 Å². The van der Waals surface area contributed by atoms with Crippen LogP contribution >= 0.6 is 0 Å². The van der Waals surface area contributed by atoms with Gasteiger partial charge in [-0.2, -0.15) is 0 Å². The molecule has 1 aromatic heterocycles. The molecule has 1 aromatic carbocycles. The standard InChI is InChI=1S/C12H12N2O/c1-8-4-3-5-10(9(8)2)11-6-13-7-14-12(11)15/h3-7H,1-2H3,(H,13,14,15). The van der Waals surface area contributed by atoms with Gasteiger partial charge in [0, 0.05) is 6.20 Å². The summed E-state index contributed by atoms with van der Waals surface area (Å²) in [6, 6.07) is 5.92. The summed E-state index contributed by atoms with van der Waals surface area (Å²) in [7, 11) is 0. The van der Waals surface area contributed by atoms with Crippen LogP contribution in [0.15, 0.2) is 35.5 Å². The second kappa shape index (κ2) is 3.69. The van der Waals surface area contributed by atoms with Crippen molar-refractivity contribution in [2.75, 3.05) is 0 Å². The Morgan fingerprint density at radius 3 is 2.73 bits per heavy atom. The smallest absolute Gasteiger partial charge is 0.258 e. The molecule has 15 heavy (non-hydrogen) atoms. The molecule has 0 fully saturated rings. The normalized spacial score (nSPS) is 10.3. The second-order valence-corrected chi connectivity index (χ2v) is 3.54. The van der Waals surface area contributed by atoms with E-state index < -0.39 is 0 Å². The van der Waals surface area contributed by atoms with Crippen LogP contribution in [-0.2, 0) is 0 Å². The number of benzene rings is 1. The molecular weight excluding hydrogens is 188 g/mol. The first-order valence-corrected chi connectivity index (χ1v) is 4.79. The van der Waals surface area contributed by atoms with Crippen LogP contribution in [0.2, 0.25) is 0 Å². The molecule has 1 heterocycles. The molecule has 0 atom stereocenters. The maximum Gasteiger partial charge on any atom is 0.258 e. The minimum atomic E-state index is -0.0984. The van der Waals surface area contributed by atoms with Gasteiger partial charge in [-0.05, 0) is 30.5 Å². The number of aromatic amines is 1. The first kappa shape index (κ1) is 9.65. The number of hydrogen-bond acceptors (Lipinski definition) is 2. The summed E-state index contributed by atoms with van der Waals surface area (Å²) >= 11 is 0. The third-order valence-electron chi connectivity index (χ3n) is 2.61. The molecule has 76 valence electrons. The highest BCUT2D eigenvalue weighted by atomic mass is 16.1. The van der Waals surface area contributed by atoms with Gasteiger partial charge in [-0.25, -0.2) is 4.98 Å². The van der Waals surface area contributed by atoms with Crippen molar-refractivity contribution in [2.45, 2.75) is 13.8 Å². The number of aryl methyl sites for hydroxylation is 1. The molecule has 0 saturated heterocycles. The minimum Gasteiger partial charge on any atom is -0.313 e. The van der Waals surface area contributed by atoms with E-state index in [-0.39, 0.29) is 5.56 Å². The lowest BCUT2D eigenvalue weighted by Crippen LogP contribution is -2.09. The topological polar surface area (TPSA) is 45.8 Å². The van der Waals surface area contributed by atoms with Crippen LogP contribution in [0.5, 0.6) is 0 Å². The van der Waals surface area contributed by atoms with Crippen LogP contribution in [0.4, 0.5) is 0 Å². The highest BCUT2D eigenvalue weighted by Gasteiger charge is 2.06. The number of aromatic nitrogens is 2. The van der Waals surface area contributed by atoms with Gasteiger partial charge >= 0.3 is 0 Å². The maximum atomic E-state index is 11.6. The fourth-order valence-corrected chi connectivity index (χ4v) is 1.58. The third-order valence-corrected chi connectivity index (χ3v) is 2.61. The highest BCUT2D eigenvalue weighted by molar-refractivity contribution is 5.66. The summed E-state index contributed by atoms with van der Waals surface area (Å²) in [4.78, 5) is 18.1. The average Bonchev–Trinajstić information content (AvgIpc) is 2.23. The van der Waals surface area contributed by atoms with E-state index in [4.69, 9.17) is 0 Å². The van der Waals surface area contributed by atoms with Crippen LogP contribution in [-0.4, -0.2) is 9.97 Å². The summed E-state index contributed by atoms with van der Waals surface area (Å²) in [6.07, 6.45) is 3.00. The van der Waals surface area contributed by atoms with Crippen molar-refractivity contribution < 1.29 is 0 Å². The number of nitrogens with one attached hydrogen (secondary N) is 1. The Morgan fingerprint density at radius 2 is 2.00 bits per heavy atom. The zero-order valence-electron chi connectivity index (χ0n) is 8.74. The molecule has 0 bridgehead atoms.